The Morgan fingerprint density at radius 3 is 2.42 bits per heavy atom. The Kier molecular flexibility index (Phi) is 5.76. The van der Waals surface area contributed by atoms with Crippen LogP contribution < -0.4 is 0 Å². The third-order valence-corrected chi connectivity index (χ3v) is 4.71. The van der Waals surface area contributed by atoms with Crippen LogP contribution in [0.1, 0.15) is 36.8 Å². The van der Waals surface area contributed by atoms with Crippen molar-refractivity contribution in [2.24, 2.45) is 0 Å². The number of rotatable bonds is 8. The zero-order valence-corrected chi connectivity index (χ0v) is 15.5. The summed E-state index contributed by atoms with van der Waals surface area (Å²) in [5.41, 5.74) is 1.19. The van der Waals surface area contributed by atoms with Crippen molar-refractivity contribution >= 4 is 11.8 Å². The van der Waals surface area contributed by atoms with Gasteiger partial charge in [0.2, 0.25) is 11.8 Å². The third-order valence-electron chi connectivity index (χ3n) is 4.71. The summed E-state index contributed by atoms with van der Waals surface area (Å²) < 4.78 is 5.65. The molecule has 1 aliphatic carbocycles. The number of hydrogen-bond donors (Lipinski definition) is 0. The Hall–Kier alpha value is -2.56. The molecule has 0 atom stereocenters. The first-order valence-electron chi connectivity index (χ1n) is 9.17. The summed E-state index contributed by atoms with van der Waals surface area (Å²) in [6.07, 6.45) is 2.76. The van der Waals surface area contributed by atoms with Crippen LogP contribution in [0.15, 0.2) is 46.9 Å². The lowest BCUT2D eigenvalue weighted by atomic mass is 10.1. The quantitative estimate of drug-likeness (QED) is 0.732. The lowest BCUT2D eigenvalue weighted by molar-refractivity contribution is -0.140. The van der Waals surface area contributed by atoms with E-state index >= 15 is 0 Å². The van der Waals surface area contributed by atoms with Gasteiger partial charge >= 0.3 is 0 Å². The number of aryl methyl sites for hydroxylation is 1. The number of carbonyl (C=O) groups is 2. The molecule has 0 bridgehead atoms. The minimum Gasteiger partial charge on any atom is -0.464 e. The first-order chi connectivity index (χ1) is 12.5. The lowest BCUT2D eigenvalue weighted by Gasteiger charge is -2.26. The van der Waals surface area contributed by atoms with E-state index in [2.05, 4.69) is 12.1 Å². The molecule has 2 aromatic rings. The van der Waals surface area contributed by atoms with Gasteiger partial charge in [0.1, 0.15) is 18.1 Å². The summed E-state index contributed by atoms with van der Waals surface area (Å²) >= 11 is 0. The Morgan fingerprint density at radius 2 is 1.85 bits per heavy atom. The SMILES string of the molecule is CC(=O)N(CC(=O)N(CCc1ccccc1)Cc1ccc(C)o1)C1CC1. The van der Waals surface area contributed by atoms with Crippen molar-refractivity contribution in [2.75, 3.05) is 13.1 Å². The van der Waals surface area contributed by atoms with Gasteiger partial charge in [0.15, 0.2) is 0 Å². The van der Waals surface area contributed by atoms with Gasteiger partial charge in [-0.25, -0.2) is 0 Å². The first kappa shape index (κ1) is 18.2. The topological polar surface area (TPSA) is 53.8 Å². The third kappa shape index (κ3) is 4.97. The molecular formula is C21H26N2O3. The van der Waals surface area contributed by atoms with Crippen molar-refractivity contribution < 1.29 is 14.0 Å². The smallest absolute Gasteiger partial charge is 0.242 e. The van der Waals surface area contributed by atoms with Crippen molar-refractivity contribution in [1.29, 1.82) is 0 Å². The molecule has 1 saturated carbocycles. The molecule has 138 valence electrons. The van der Waals surface area contributed by atoms with Crippen molar-refractivity contribution in [3.63, 3.8) is 0 Å². The van der Waals surface area contributed by atoms with E-state index in [4.69, 9.17) is 4.42 Å². The molecule has 2 amide bonds. The number of carbonyl (C=O) groups excluding carboxylic acids is 2. The largest absolute Gasteiger partial charge is 0.464 e. The molecule has 0 unspecified atom stereocenters. The highest BCUT2D eigenvalue weighted by Crippen LogP contribution is 2.27. The first-order valence-corrected chi connectivity index (χ1v) is 9.17. The highest BCUT2D eigenvalue weighted by Gasteiger charge is 2.33. The molecule has 0 N–H and O–H groups in total. The molecule has 3 rings (SSSR count). The molecule has 5 nitrogen and oxygen atoms in total. The van der Waals surface area contributed by atoms with Gasteiger partial charge < -0.3 is 14.2 Å². The van der Waals surface area contributed by atoms with Gasteiger partial charge in [-0.15, -0.1) is 0 Å². The fourth-order valence-corrected chi connectivity index (χ4v) is 3.09. The van der Waals surface area contributed by atoms with E-state index in [0.29, 0.717) is 13.1 Å². The number of amides is 2. The lowest BCUT2D eigenvalue weighted by Crippen LogP contribution is -2.43. The molecule has 0 spiro atoms. The van der Waals surface area contributed by atoms with Gasteiger partial charge in [-0.1, -0.05) is 30.3 Å². The minimum atomic E-state index is -0.0305. The Morgan fingerprint density at radius 1 is 1.12 bits per heavy atom. The van der Waals surface area contributed by atoms with E-state index < -0.39 is 0 Å². The summed E-state index contributed by atoms with van der Waals surface area (Å²) in [6, 6.07) is 14.2. The number of benzene rings is 1. The van der Waals surface area contributed by atoms with Crippen molar-refractivity contribution in [1.82, 2.24) is 9.80 Å². The molecule has 1 aliphatic rings. The number of hydrogen-bond acceptors (Lipinski definition) is 3. The molecule has 5 heteroatoms. The molecular weight excluding hydrogens is 328 g/mol. The summed E-state index contributed by atoms with van der Waals surface area (Å²) in [5, 5.41) is 0. The number of nitrogens with zero attached hydrogens (tertiary/aromatic N) is 2. The van der Waals surface area contributed by atoms with Crippen LogP contribution in [-0.4, -0.2) is 40.7 Å². The van der Waals surface area contributed by atoms with Gasteiger partial charge in [0.25, 0.3) is 0 Å². The molecule has 1 heterocycles. The van der Waals surface area contributed by atoms with Gasteiger partial charge in [0, 0.05) is 19.5 Å². The fourth-order valence-electron chi connectivity index (χ4n) is 3.09. The van der Waals surface area contributed by atoms with Crippen LogP contribution in [0, 0.1) is 6.92 Å². The predicted octanol–water partition coefficient (Wildman–Crippen LogP) is 3.17. The zero-order chi connectivity index (χ0) is 18.5. The van der Waals surface area contributed by atoms with E-state index in [0.717, 1.165) is 30.8 Å². The molecule has 0 aliphatic heterocycles. The van der Waals surface area contributed by atoms with Crippen LogP contribution in [0.5, 0.6) is 0 Å². The molecule has 26 heavy (non-hydrogen) atoms. The Bertz CT molecular complexity index is 750. The standard InChI is InChI=1S/C21H26N2O3/c1-16-8-11-20(26-16)14-22(13-12-18-6-4-3-5-7-18)21(25)15-23(17(2)24)19-9-10-19/h3-8,11,19H,9-10,12-15H2,1-2H3. The normalized spacial score (nSPS) is 13.5. The molecule has 1 aromatic heterocycles. The van der Waals surface area contributed by atoms with E-state index in [1.165, 1.54) is 12.5 Å². The maximum atomic E-state index is 12.9. The number of furan rings is 1. The van der Waals surface area contributed by atoms with Crippen molar-refractivity contribution in [2.45, 2.75) is 45.7 Å². The van der Waals surface area contributed by atoms with Crippen LogP contribution >= 0.6 is 0 Å². The van der Waals surface area contributed by atoms with E-state index in [-0.39, 0.29) is 24.4 Å². The molecule has 0 saturated heterocycles. The second kappa shape index (κ2) is 8.21. The second-order valence-electron chi connectivity index (χ2n) is 6.94. The van der Waals surface area contributed by atoms with Crippen LogP contribution in [-0.2, 0) is 22.6 Å². The van der Waals surface area contributed by atoms with E-state index in [9.17, 15) is 9.59 Å². The monoisotopic (exact) mass is 354 g/mol. The molecule has 1 fully saturated rings. The van der Waals surface area contributed by atoms with Gasteiger partial charge in [-0.2, -0.15) is 0 Å². The van der Waals surface area contributed by atoms with Gasteiger partial charge in [-0.3, -0.25) is 9.59 Å². The zero-order valence-electron chi connectivity index (χ0n) is 15.5. The predicted molar refractivity (Wildman–Crippen MR) is 99.4 cm³/mol. The van der Waals surface area contributed by atoms with E-state index in [1.807, 2.05) is 37.3 Å². The average molecular weight is 354 g/mol. The molecule has 1 aromatic carbocycles. The minimum absolute atomic E-state index is 0.0299. The highest BCUT2D eigenvalue weighted by molar-refractivity contribution is 5.84. The maximum Gasteiger partial charge on any atom is 0.242 e. The maximum absolute atomic E-state index is 12.9. The Labute approximate surface area is 154 Å². The highest BCUT2D eigenvalue weighted by atomic mass is 16.3. The van der Waals surface area contributed by atoms with Crippen LogP contribution in [0.3, 0.4) is 0 Å². The average Bonchev–Trinajstić information content (AvgIpc) is 3.38. The van der Waals surface area contributed by atoms with Crippen molar-refractivity contribution in [3.8, 4) is 0 Å². The van der Waals surface area contributed by atoms with Crippen molar-refractivity contribution in [3.05, 3.63) is 59.5 Å². The summed E-state index contributed by atoms with van der Waals surface area (Å²) in [5.74, 6) is 1.54. The summed E-state index contributed by atoms with van der Waals surface area (Å²) in [6.45, 7) is 4.60. The van der Waals surface area contributed by atoms with Crippen LogP contribution in [0.25, 0.3) is 0 Å². The fraction of sp³-hybridized carbons (Fsp3) is 0.429. The summed E-state index contributed by atoms with van der Waals surface area (Å²) in [7, 11) is 0. The van der Waals surface area contributed by atoms with Crippen LogP contribution in [0.2, 0.25) is 0 Å². The molecule has 0 radical (unpaired) electrons. The van der Waals surface area contributed by atoms with E-state index in [1.54, 1.807) is 9.80 Å². The second-order valence-corrected chi connectivity index (χ2v) is 6.94. The van der Waals surface area contributed by atoms with Gasteiger partial charge in [-0.05, 0) is 43.9 Å². The summed E-state index contributed by atoms with van der Waals surface area (Å²) in [4.78, 5) is 28.3. The Balaban J connectivity index is 1.68. The van der Waals surface area contributed by atoms with Gasteiger partial charge in [0.05, 0.1) is 6.54 Å². The van der Waals surface area contributed by atoms with Crippen LogP contribution in [0.4, 0.5) is 0 Å².